The molecule has 8 heteroatoms. The van der Waals surface area contributed by atoms with E-state index >= 15 is 0 Å². The van der Waals surface area contributed by atoms with Crippen LogP contribution < -0.4 is 10.6 Å². The maximum absolute atomic E-state index is 11.8. The van der Waals surface area contributed by atoms with Gasteiger partial charge in [0.15, 0.2) is 5.69 Å². The molecular weight excluding hydrogens is 298 g/mol. The number of hydrogen-bond acceptors (Lipinski definition) is 5. The molecule has 1 aromatic heterocycles. The maximum atomic E-state index is 11.8. The Hall–Kier alpha value is -1.28. The monoisotopic (exact) mass is 317 g/mol. The molecule has 0 aliphatic heterocycles. The Balaban J connectivity index is 2.53. The SMILES string of the molecule is CCC(CSC)NC(=O)NC(C)c1nc(C(=O)O)cs1. The van der Waals surface area contributed by atoms with Crippen molar-refractivity contribution in [3.63, 3.8) is 0 Å². The van der Waals surface area contributed by atoms with Crippen LogP contribution in [0, 0.1) is 0 Å². The summed E-state index contributed by atoms with van der Waals surface area (Å²) in [6.07, 6.45) is 2.86. The van der Waals surface area contributed by atoms with Crippen LogP contribution in [0.25, 0.3) is 0 Å². The number of rotatable bonds is 7. The Kier molecular flexibility index (Phi) is 6.80. The molecule has 6 nitrogen and oxygen atoms in total. The molecule has 0 radical (unpaired) electrons. The summed E-state index contributed by atoms with van der Waals surface area (Å²) in [4.78, 5) is 26.6. The molecule has 1 heterocycles. The van der Waals surface area contributed by atoms with Crippen molar-refractivity contribution >= 4 is 35.1 Å². The molecular formula is C12H19N3O3S2. The van der Waals surface area contributed by atoms with Crippen molar-refractivity contribution in [1.29, 1.82) is 0 Å². The number of thioether (sulfide) groups is 1. The second-order valence-corrected chi connectivity index (χ2v) is 6.08. The standard InChI is InChI=1S/C12H19N3O3S2/c1-4-8(5-19-3)14-12(18)13-7(2)10-15-9(6-20-10)11(16)17/h6-8H,4-5H2,1-3H3,(H,16,17)(H2,13,14,18). The molecule has 0 bridgehead atoms. The zero-order chi connectivity index (χ0) is 15.1. The fourth-order valence-corrected chi connectivity index (χ4v) is 3.05. The largest absolute Gasteiger partial charge is 0.476 e. The van der Waals surface area contributed by atoms with Crippen molar-refractivity contribution in [2.45, 2.75) is 32.4 Å². The van der Waals surface area contributed by atoms with Gasteiger partial charge in [0, 0.05) is 17.2 Å². The molecule has 1 aromatic rings. The van der Waals surface area contributed by atoms with E-state index in [9.17, 15) is 9.59 Å². The number of aromatic nitrogens is 1. The highest BCUT2D eigenvalue weighted by atomic mass is 32.2. The number of aromatic carboxylic acids is 1. The van der Waals surface area contributed by atoms with Gasteiger partial charge in [-0.25, -0.2) is 14.6 Å². The van der Waals surface area contributed by atoms with Crippen LogP contribution in [0.4, 0.5) is 4.79 Å². The molecule has 0 aliphatic carbocycles. The van der Waals surface area contributed by atoms with E-state index in [1.54, 1.807) is 18.7 Å². The van der Waals surface area contributed by atoms with Gasteiger partial charge in [-0.1, -0.05) is 6.92 Å². The lowest BCUT2D eigenvalue weighted by Gasteiger charge is -2.18. The van der Waals surface area contributed by atoms with E-state index < -0.39 is 5.97 Å². The number of carbonyl (C=O) groups excluding carboxylic acids is 1. The Morgan fingerprint density at radius 1 is 1.50 bits per heavy atom. The van der Waals surface area contributed by atoms with Gasteiger partial charge in [-0.05, 0) is 19.6 Å². The van der Waals surface area contributed by atoms with Gasteiger partial charge in [0.05, 0.1) is 6.04 Å². The highest BCUT2D eigenvalue weighted by molar-refractivity contribution is 7.98. The molecule has 0 fully saturated rings. The zero-order valence-electron chi connectivity index (χ0n) is 11.7. The van der Waals surface area contributed by atoms with Gasteiger partial charge in [0.1, 0.15) is 5.01 Å². The fourth-order valence-electron chi connectivity index (χ4n) is 1.53. The lowest BCUT2D eigenvalue weighted by atomic mass is 10.2. The molecule has 1 rings (SSSR count). The number of amides is 2. The number of hydrogen-bond donors (Lipinski definition) is 3. The van der Waals surface area contributed by atoms with E-state index in [2.05, 4.69) is 15.6 Å². The summed E-state index contributed by atoms with van der Waals surface area (Å²) in [7, 11) is 0. The van der Waals surface area contributed by atoms with E-state index in [0.717, 1.165) is 12.2 Å². The van der Waals surface area contributed by atoms with E-state index in [0.29, 0.717) is 5.01 Å². The van der Waals surface area contributed by atoms with Crippen molar-refractivity contribution < 1.29 is 14.7 Å². The van der Waals surface area contributed by atoms with Crippen molar-refractivity contribution in [2.75, 3.05) is 12.0 Å². The van der Waals surface area contributed by atoms with Gasteiger partial charge < -0.3 is 15.7 Å². The molecule has 20 heavy (non-hydrogen) atoms. The first-order chi connectivity index (χ1) is 9.47. The van der Waals surface area contributed by atoms with Crippen LogP contribution in [0.5, 0.6) is 0 Å². The third kappa shape index (κ3) is 5.01. The number of thiazole rings is 1. The van der Waals surface area contributed by atoms with Crippen LogP contribution in [-0.2, 0) is 0 Å². The Bertz CT molecular complexity index is 465. The minimum atomic E-state index is -1.06. The number of nitrogens with one attached hydrogen (secondary N) is 2. The summed E-state index contributed by atoms with van der Waals surface area (Å²) in [5.74, 6) is -0.200. The van der Waals surface area contributed by atoms with E-state index in [4.69, 9.17) is 5.11 Å². The molecule has 112 valence electrons. The van der Waals surface area contributed by atoms with Gasteiger partial charge >= 0.3 is 12.0 Å². The highest BCUT2D eigenvalue weighted by Gasteiger charge is 2.17. The highest BCUT2D eigenvalue weighted by Crippen LogP contribution is 2.17. The van der Waals surface area contributed by atoms with Crippen LogP contribution in [-0.4, -0.2) is 40.1 Å². The number of urea groups is 1. The van der Waals surface area contributed by atoms with E-state index in [1.165, 1.54) is 16.7 Å². The summed E-state index contributed by atoms with van der Waals surface area (Å²) < 4.78 is 0. The summed E-state index contributed by atoms with van der Waals surface area (Å²) in [6, 6.07) is -0.451. The van der Waals surface area contributed by atoms with E-state index in [1.807, 2.05) is 13.2 Å². The van der Waals surface area contributed by atoms with Crippen molar-refractivity contribution in [1.82, 2.24) is 15.6 Å². The maximum Gasteiger partial charge on any atom is 0.355 e. The Morgan fingerprint density at radius 3 is 2.70 bits per heavy atom. The summed E-state index contributed by atoms with van der Waals surface area (Å²) in [6.45, 7) is 3.80. The lowest BCUT2D eigenvalue weighted by molar-refractivity contribution is 0.0691. The Morgan fingerprint density at radius 2 is 2.20 bits per heavy atom. The van der Waals surface area contributed by atoms with Crippen LogP contribution in [0.15, 0.2) is 5.38 Å². The Labute approximate surface area is 126 Å². The van der Waals surface area contributed by atoms with Gasteiger partial charge in [0.25, 0.3) is 0 Å². The predicted octanol–water partition coefficient (Wildman–Crippen LogP) is 2.34. The number of carboxylic acid groups (broad SMARTS) is 1. The first kappa shape index (κ1) is 16.8. The number of nitrogens with zero attached hydrogens (tertiary/aromatic N) is 1. The average molecular weight is 317 g/mol. The summed E-state index contributed by atoms with van der Waals surface area (Å²) in [5.41, 5.74) is 0.00729. The molecule has 0 saturated heterocycles. The smallest absolute Gasteiger partial charge is 0.355 e. The van der Waals surface area contributed by atoms with Crippen molar-refractivity contribution in [3.05, 3.63) is 16.1 Å². The van der Waals surface area contributed by atoms with Crippen LogP contribution in [0.3, 0.4) is 0 Å². The van der Waals surface area contributed by atoms with Gasteiger partial charge in [-0.2, -0.15) is 11.8 Å². The third-order valence-corrected chi connectivity index (χ3v) is 4.42. The minimum absolute atomic E-state index is 0.00729. The predicted molar refractivity (Wildman–Crippen MR) is 81.6 cm³/mol. The van der Waals surface area contributed by atoms with Crippen LogP contribution in [0.2, 0.25) is 0 Å². The van der Waals surface area contributed by atoms with Gasteiger partial charge in [0.2, 0.25) is 0 Å². The normalized spacial score (nSPS) is 13.6. The molecule has 2 unspecified atom stereocenters. The molecule has 2 amide bonds. The quantitative estimate of drug-likeness (QED) is 0.718. The van der Waals surface area contributed by atoms with Crippen molar-refractivity contribution in [3.8, 4) is 0 Å². The van der Waals surface area contributed by atoms with E-state index in [-0.39, 0.29) is 23.8 Å². The first-order valence-electron chi connectivity index (χ1n) is 6.22. The second-order valence-electron chi connectivity index (χ2n) is 4.28. The van der Waals surface area contributed by atoms with Gasteiger partial charge in [-0.3, -0.25) is 0 Å². The second kappa shape index (κ2) is 8.11. The third-order valence-electron chi connectivity index (χ3n) is 2.65. The van der Waals surface area contributed by atoms with Crippen LogP contribution >= 0.6 is 23.1 Å². The molecule has 0 aliphatic rings. The summed E-state index contributed by atoms with van der Waals surface area (Å²) >= 11 is 2.90. The first-order valence-corrected chi connectivity index (χ1v) is 8.49. The topological polar surface area (TPSA) is 91.3 Å². The van der Waals surface area contributed by atoms with Crippen LogP contribution in [0.1, 0.15) is 41.8 Å². The summed E-state index contributed by atoms with van der Waals surface area (Å²) in [5, 5.41) is 16.5. The van der Waals surface area contributed by atoms with Crippen molar-refractivity contribution in [2.24, 2.45) is 0 Å². The zero-order valence-corrected chi connectivity index (χ0v) is 13.3. The number of carbonyl (C=O) groups is 2. The molecule has 2 atom stereocenters. The molecule has 0 saturated carbocycles. The average Bonchev–Trinajstić information content (AvgIpc) is 2.87. The fraction of sp³-hybridized carbons (Fsp3) is 0.583. The van der Waals surface area contributed by atoms with Gasteiger partial charge in [-0.15, -0.1) is 11.3 Å². The molecule has 0 spiro atoms. The lowest BCUT2D eigenvalue weighted by Crippen LogP contribution is -2.43. The molecule has 0 aromatic carbocycles. The number of carboxylic acids is 1. The molecule has 3 N–H and O–H groups in total. The minimum Gasteiger partial charge on any atom is -0.476 e.